The lowest BCUT2D eigenvalue weighted by atomic mass is 10.2. The van der Waals surface area contributed by atoms with Gasteiger partial charge in [-0.05, 0) is 18.2 Å². The Hall–Kier alpha value is -1.48. The number of nitrogens with zero attached hydrogens (tertiary/aromatic N) is 1. The van der Waals surface area contributed by atoms with E-state index in [1.165, 1.54) is 0 Å². The summed E-state index contributed by atoms with van der Waals surface area (Å²) in [5.74, 6) is -1.18. The quantitative estimate of drug-likeness (QED) is 0.707. The number of aryl methyl sites for hydroxylation is 1. The van der Waals surface area contributed by atoms with Crippen LogP contribution in [0.15, 0.2) is 24.3 Å². The Morgan fingerprint density at radius 1 is 1.43 bits per heavy atom. The second-order valence-electron chi connectivity index (χ2n) is 3.08. The molecule has 1 aromatic carbocycles. The molecule has 0 N–H and O–H groups in total. The number of carboxylic acids is 1. The topological polar surface area (TPSA) is 45.1 Å². The van der Waals surface area contributed by atoms with Crippen molar-refractivity contribution >= 4 is 28.5 Å². The van der Waals surface area contributed by atoms with E-state index in [0.29, 0.717) is 5.02 Å². The van der Waals surface area contributed by atoms with Gasteiger partial charge in [0.2, 0.25) is 0 Å². The fourth-order valence-corrected chi connectivity index (χ4v) is 1.67. The normalized spacial score (nSPS) is 10.7. The lowest BCUT2D eigenvalue weighted by Crippen LogP contribution is -2.24. The van der Waals surface area contributed by atoms with Crippen LogP contribution in [-0.4, -0.2) is 10.5 Å². The molecule has 0 saturated heterocycles. The first-order valence-corrected chi connectivity index (χ1v) is 4.44. The van der Waals surface area contributed by atoms with Crippen molar-refractivity contribution in [3.8, 4) is 0 Å². The lowest BCUT2D eigenvalue weighted by Gasteiger charge is -2.03. The summed E-state index contributed by atoms with van der Waals surface area (Å²) in [6.07, 6.45) is 0. The van der Waals surface area contributed by atoms with Crippen LogP contribution in [0.4, 0.5) is 0 Å². The summed E-state index contributed by atoms with van der Waals surface area (Å²) in [6.45, 7) is 0. The number of fused-ring (bicyclic) bond motifs is 1. The average Bonchev–Trinajstić information content (AvgIpc) is 2.44. The van der Waals surface area contributed by atoms with Gasteiger partial charge in [-0.15, -0.1) is 0 Å². The molecule has 0 radical (unpaired) electrons. The molecule has 14 heavy (non-hydrogen) atoms. The molecular formula is C10H7ClNO2-. The standard InChI is InChI=1S/C10H8ClNO2/c1-12-8-5-7(11)3-2-6(8)4-9(12)10(13)14/h2-5H,1H3,(H,13,14)/p-1. The Bertz CT molecular complexity index is 516. The molecule has 72 valence electrons. The molecular weight excluding hydrogens is 202 g/mol. The van der Waals surface area contributed by atoms with Gasteiger partial charge in [0.15, 0.2) is 0 Å². The number of carbonyl (C=O) groups excluding carboxylic acids is 1. The minimum atomic E-state index is -1.18. The van der Waals surface area contributed by atoms with Crippen molar-refractivity contribution in [1.82, 2.24) is 4.57 Å². The van der Waals surface area contributed by atoms with Crippen LogP contribution in [0.1, 0.15) is 10.5 Å². The van der Waals surface area contributed by atoms with Crippen LogP contribution in [0.2, 0.25) is 5.02 Å². The minimum Gasteiger partial charge on any atom is -0.543 e. The van der Waals surface area contributed by atoms with E-state index in [1.807, 2.05) is 0 Å². The van der Waals surface area contributed by atoms with Gasteiger partial charge in [0.05, 0.1) is 11.7 Å². The number of hydrogen-bond donors (Lipinski definition) is 0. The maximum atomic E-state index is 10.7. The van der Waals surface area contributed by atoms with E-state index in [4.69, 9.17) is 11.6 Å². The van der Waals surface area contributed by atoms with Gasteiger partial charge in [-0.2, -0.15) is 0 Å². The zero-order chi connectivity index (χ0) is 10.3. The van der Waals surface area contributed by atoms with Crippen molar-refractivity contribution < 1.29 is 9.90 Å². The van der Waals surface area contributed by atoms with Crippen LogP contribution in [0.3, 0.4) is 0 Å². The average molecular weight is 209 g/mol. The SMILES string of the molecule is Cn1c(C(=O)[O-])cc2ccc(Cl)cc21. The summed E-state index contributed by atoms with van der Waals surface area (Å²) >= 11 is 5.80. The van der Waals surface area contributed by atoms with Gasteiger partial charge in [0.1, 0.15) is 0 Å². The molecule has 0 fully saturated rings. The Morgan fingerprint density at radius 3 is 2.79 bits per heavy atom. The van der Waals surface area contributed by atoms with E-state index >= 15 is 0 Å². The highest BCUT2D eigenvalue weighted by atomic mass is 35.5. The van der Waals surface area contributed by atoms with Gasteiger partial charge >= 0.3 is 0 Å². The molecule has 2 aromatic rings. The number of benzene rings is 1. The largest absolute Gasteiger partial charge is 0.543 e. The lowest BCUT2D eigenvalue weighted by molar-refractivity contribution is -0.255. The molecule has 4 heteroatoms. The summed E-state index contributed by atoms with van der Waals surface area (Å²) < 4.78 is 1.55. The first-order chi connectivity index (χ1) is 6.59. The van der Waals surface area contributed by atoms with E-state index in [2.05, 4.69) is 0 Å². The molecule has 0 atom stereocenters. The van der Waals surface area contributed by atoms with Gasteiger partial charge in [-0.1, -0.05) is 17.7 Å². The van der Waals surface area contributed by atoms with Gasteiger partial charge < -0.3 is 14.5 Å². The predicted molar refractivity (Wildman–Crippen MR) is 52.3 cm³/mol. The highest BCUT2D eigenvalue weighted by molar-refractivity contribution is 6.31. The van der Waals surface area contributed by atoms with Crippen molar-refractivity contribution in [3.63, 3.8) is 0 Å². The molecule has 0 unspecified atom stereocenters. The highest BCUT2D eigenvalue weighted by Gasteiger charge is 2.06. The smallest absolute Gasteiger partial charge is 0.0880 e. The summed E-state index contributed by atoms with van der Waals surface area (Å²) in [6, 6.07) is 6.80. The zero-order valence-corrected chi connectivity index (χ0v) is 8.21. The highest BCUT2D eigenvalue weighted by Crippen LogP contribution is 2.22. The molecule has 0 spiro atoms. The molecule has 0 amide bonds. The molecule has 1 aromatic heterocycles. The molecule has 0 aliphatic rings. The van der Waals surface area contributed by atoms with E-state index in [1.54, 1.807) is 35.9 Å². The molecule has 0 bridgehead atoms. The second-order valence-corrected chi connectivity index (χ2v) is 3.52. The Morgan fingerprint density at radius 2 is 2.14 bits per heavy atom. The van der Waals surface area contributed by atoms with Crippen LogP contribution in [0.5, 0.6) is 0 Å². The van der Waals surface area contributed by atoms with Crippen molar-refractivity contribution in [2.24, 2.45) is 7.05 Å². The first kappa shape index (κ1) is 9.09. The maximum absolute atomic E-state index is 10.7. The number of rotatable bonds is 1. The van der Waals surface area contributed by atoms with Crippen molar-refractivity contribution in [3.05, 3.63) is 35.0 Å². The third-order valence-corrected chi connectivity index (χ3v) is 2.45. The first-order valence-electron chi connectivity index (χ1n) is 4.06. The Labute approximate surface area is 85.5 Å². The van der Waals surface area contributed by atoms with Crippen LogP contribution in [0.25, 0.3) is 10.9 Å². The van der Waals surface area contributed by atoms with E-state index < -0.39 is 5.97 Å². The number of hydrogen-bond acceptors (Lipinski definition) is 2. The summed E-state index contributed by atoms with van der Waals surface area (Å²) in [5, 5.41) is 12.1. The zero-order valence-electron chi connectivity index (χ0n) is 7.45. The number of halogens is 1. The summed E-state index contributed by atoms with van der Waals surface area (Å²) in [4.78, 5) is 10.7. The number of aromatic carboxylic acids is 1. The number of carbonyl (C=O) groups is 1. The molecule has 1 heterocycles. The third-order valence-electron chi connectivity index (χ3n) is 2.22. The van der Waals surface area contributed by atoms with Crippen LogP contribution in [-0.2, 0) is 7.05 Å². The molecule has 0 aliphatic carbocycles. The van der Waals surface area contributed by atoms with Gasteiger partial charge in [0.25, 0.3) is 0 Å². The van der Waals surface area contributed by atoms with Gasteiger partial charge in [-0.3, -0.25) is 0 Å². The van der Waals surface area contributed by atoms with Gasteiger partial charge in [0, 0.05) is 23.0 Å². The fourth-order valence-electron chi connectivity index (χ4n) is 1.50. The van der Waals surface area contributed by atoms with E-state index in [0.717, 1.165) is 10.9 Å². The van der Waals surface area contributed by atoms with Crippen molar-refractivity contribution in [2.75, 3.05) is 0 Å². The summed E-state index contributed by atoms with van der Waals surface area (Å²) in [5.41, 5.74) is 0.943. The third kappa shape index (κ3) is 1.26. The van der Waals surface area contributed by atoms with Crippen LogP contribution < -0.4 is 5.11 Å². The molecule has 0 saturated carbocycles. The van der Waals surface area contributed by atoms with Crippen molar-refractivity contribution in [1.29, 1.82) is 0 Å². The van der Waals surface area contributed by atoms with Crippen LogP contribution >= 0.6 is 11.6 Å². The Balaban J connectivity index is 2.80. The fraction of sp³-hybridized carbons (Fsp3) is 0.100. The summed E-state index contributed by atoms with van der Waals surface area (Å²) in [7, 11) is 1.67. The molecule has 0 aliphatic heterocycles. The maximum Gasteiger partial charge on any atom is 0.0880 e. The molecule has 3 nitrogen and oxygen atoms in total. The monoisotopic (exact) mass is 208 g/mol. The number of aromatic nitrogens is 1. The van der Waals surface area contributed by atoms with Crippen molar-refractivity contribution in [2.45, 2.75) is 0 Å². The van der Waals surface area contributed by atoms with Crippen LogP contribution in [0, 0.1) is 0 Å². The molecule has 2 rings (SSSR count). The van der Waals surface area contributed by atoms with E-state index in [-0.39, 0.29) is 5.69 Å². The number of carboxylic acid groups (broad SMARTS) is 1. The minimum absolute atomic E-state index is 0.155. The second kappa shape index (κ2) is 3.03. The van der Waals surface area contributed by atoms with Gasteiger partial charge in [-0.25, -0.2) is 0 Å². The predicted octanol–water partition coefficient (Wildman–Crippen LogP) is 1.20. The van der Waals surface area contributed by atoms with E-state index in [9.17, 15) is 9.90 Å². The Kier molecular flexibility index (Phi) is 1.97.